The quantitative estimate of drug-likeness (QED) is 0.376. The van der Waals surface area contributed by atoms with Gasteiger partial charge in [-0.25, -0.2) is 9.13 Å². The van der Waals surface area contributed by atoms with E-state index < -0.39 is 8.69 Å². The van der Waals surface area contributed by atoms with E-state index in [1.807, 2.05) is 42.0 Å². The van der Waals surface area contributed by atoms with E-state index in [0.29, 0.717) is 0 Å². The molecule has 1 aromatic heterocycles. The molecule has 1 rings (SSSR count). The molecule has 10 heavy (non-hydrogen) atoms. The van der Waals surface area contributed by atoms with Gasteiger partial charge in [-0.2, -0.15) is 0 Å². The summed E-state index contributed by atoms with van der Waals surface area (Å²) in [6.07, 6.45) is 6.00. The number of nitrogens with zero attached hydrogens (tertiary/aromatic N) is 2. The summed E-state index contributed by atoms with van der Waals surface area (Å²) in [4.78, 5) is 8.35. The molecule has 1 aromatic rings. The maximum Gasteiger partial charge on any atom is 0.243 e. The number of rotatable bonds is 0. The molecule has 0 saturated heterocycles. The van der Waals surface area contributed by atoms with Crippen molar-refractivity contribution in [2.45, 2.75) is 0 Å². The molecule has 1 heterocycles. The fourth-order valence-corrected chi connectivity index (χ4v) is 0.575. The van der Waals surface area contributed by atoms with Gasteiger partial charge in [0.25, 0.3) is 0 Å². The predicted octanol–water partition coefficient (Wildman–Crippen LogP) is -0.597. The Hall–Kier alpha value is -0.730. The molecular weight excluding hydrogens is 151 g/mol. The average Bonchev–Trinajstić information content (AvgIpc) is 2.17. The Labute approximate surface area is 61.0 Å². The molecule has 0 unspecified atom stereocenters. The second-order valence-corrected chi connectivity index (χ2v) is 1.97. The van der Waals surface area contributed by atoms with E-state index in [1.165, 1.54) is 0 Å². The lowest BCUT2D eigenvalue weighted by Crippen LogP contribution is -2.23. The van der Waals surface area contributed by atoms with Crippen LogP contribution in [0, 0.1) is 0 Å². The zero-order valence-corrected chi connectivity index (χ0v) is 6.78. The maximum atomic E-state index is 8.35. The maximum absolute atomic E-state index is 8.35. The molecule has 0 spiro atoms. The highest BCUT2D eigenvalue weighted by Gasteiger charge is 1.87. The van der Waals surface area contributed by atoms with Gasteiger partial charge in [-0.1, -0.05) is 0 Å². The highest BCUT2D eigenvalue weighted by molar-refractivity contribution is 7.14. The zero-order valence-electron chi connectivity index (χ0n) is 5.89. The molecule has 0 aliphatic carbocycles. The van der Waals surface area contributed by atoms with Crippen molar-refractivity contribution < 1.29 is 14.0 Å². The third kappa shape index (κ3) is 4.18. The summed E-state index contributed by atoms with van der Waals surface area (Å²) in [5.74, 6) is 0. The van der Waals surface area contributed by atoms with Gasteiger partial charge in [0.1, 0.15) is 12.4 Å². The number of aryl methyl sites for hydroxylation is 2. The summed E-state index contributed by atoms with van der Waals surface area (Å²) >= 11 is 0. The van der Waals surface area contributed by atoms with E-state index in [-0.39, 0.29) is 0 Å². The number of hydrogen-bond donors (Lipinski definition) is 0. The Morgan fingerprint density at radius 2 is 2.20 bits per heavy atom. The summed E-state index contributed by atoms with van der Waals surface area (Å²) in [5, 5.41) is 0. The largest absolute Gasteiger partial charge is 0.772 e. The number of imidazole rings is 1. The van der Waals surface area contributed by atoms with Gasteiger partial charge in [0.15, 0.2) is 0 Å². The summed E-state index contributed by atoms with van der Waals surface area (Å²) in [6, 6.07) is 0. The number of aromatic nitrogens is 2. The highest BCUT2D eigenvalue weighted by atomic mass is 31.1. The normalized spacial score (nSPS) is 8.70. The standard InChI is InChI=1S/C5H9N2.HO2P/c1-6-3-4-7(2)5-6;1-3-2/h3-5H,1-2H3;(H,1,2)/q+1;/p-1. The molecular formula is C5H9N2O2P. The van der Waals surface area contributed by atoms with Crippen LogP contribution in [0.15, 0.2) is 18.7 Å². The first kappa shape index (κ1) is 9.27. The molecule has 0 aliphatic rings. The Morgan fingerprint density at radius 1 is 1.70 bits per heavy atom. The molecule has 0 bridgehead atoms. The number of hydrogen-bond acceptors (Lipinski definition) is 2. The van der Waals surface area contributed by atoms with Crippen LogP contribution < -0.4 is 9.46 Å². The lowest BCUT2D eigenvalue weighted by molar-refractivity contribution is -0.670. The van der Waals surface area contributed by atoms with E-state index in [2.05, 4.69) is 0 Å². The minimum absolute atomic E-state index is 1.08. The van der Waals surface area contributed by atoms with Crippen molar-refractivity contribution in [1.29, 1.82) is 0 Å². The molecule has 0 aliphatic heterocycles. The SMILES string of the molecule is Cn1cc[n+](C)c1.O=P[O-]. The van der Waals surface area contributed by atoms with E-state index in [4.69, 9.17) is 9.46 Å². The first-order valence-electron chi connectivity index (χ1n) is 2.63. The van der Waals surface area contributed by atoms with Crippen LogP contribution in [0.3, 0.4) is 0 Å². The van der Waals surface area contributed by atoms with Crippen LogP contribution in [0.4, 0.5) is 0 Å². The van der Waals surface area contributed by atoms with Crippen LogP contribution in [0.25, 0.3) is 0 Å². The molecule has 0 fully saturated rings. The van der Waals surface area contributed by atoms with Gasteiger partial charge < -0.3 is 4.89 Å². The predicted molar refractivity (Wildman–Crippen MR) is 34.2 cm³/mol. The Morgan fingerprint density at radius 3 is 2.30 bits per heavy atom. The molecule has 0 radical (unpaired) electrons. The average molecular weight is 160 g/mol. The highest BCUT2D eigenvalue weighted by Crippen LogP contribution is 1.70. The van der Waals surface area contributed by atoms with Crippen LogP contribution >= 0.6 is 8.69 Å². The molecule has 0 N–H and O–H groups in total. The van der Waals surface area contributed by atoms with Crippen molar-refractivity contribution >= 4 is 8.69 Å². The first-order chi connectivity index (χ1) is 4.70. The molecule has 5 heteroatoms. The molecule has 56 valence electrons. The lowest BCUT2D eigenvalue weighted by Gasteiger charge is -1.72. The molecule has 4 nitrogen and oxygen atoms in total. The van der Waals surface area contributed by atoms with Crippen LogP contribution in [0.5, 0.6) is 0 Å². The third-order valence-corrected chi connectivity index (χ3v) is 0.901. The third-order valence-electron chi connectivity index (χ3n) is 0.901. The van der Waals surface area contributed by atoms with Gasteiger partial charge in [-0.15, -0.1) is 0 Å². The topological polar surface area (TPSA) is 48.9 Å². The second kappa shape index (κ2) is 5.09. The summed E-state index contributed by atoms with van der Waals surface area (Å²) in [6.45, 7) is 0. The van der Waals surface area contributed by atoms with Crippen molar-refractivity contribution in [2.24, 2.45) is 14.1 Å². The molecule has 0 amide bonds. The van der Waals surface area contributed by atoms with E-state index >= 15 is 0 Å². The zero-order chi connectivity index (χ0) is 7.98. The molecule has 0 atom stereocenters. The van der Waals surface area contributed by atoms with Crippen molar-refractivity contribution in [2.75, 3.05) is 0 Å². The minimum Gasteiger partial charge on any atom is -0.772 e. The van der Waals surface area contributed by atoms with Crippen molar-refractivity contribution in [3.8, 4) is 0 Å². The van der Waals surface area contributed by atoms with Crippen LogP contribution in [-0.4, -0.2) is 4.57 Å². The summed E-state index contributed by atoms with van der Waals surface area (Å²) in [7, 11) is 2.92. The van der Waals surface area contributed by atoms with Crippen LogP contribution in [0.2, 0.25) is 0 Å². The minimum atomic E-state index is -1.08. The Balaban J connectivity index is 0.000000236. The molecule has 0 aromatic carbocycles. The first-order valence-corrected chi connectivity index (χ1v) is 3.36. The van der Waals surface area contributed by atoms with Gasteiger partial charge in [-0.05, 0) is 0 Å². The van der Waals surface area contributed by atoms with Crippen molar-refractivity contribution in [1.82, 2.24) is 4.57 Å². The van der Waals surface area contributed by atoms with Gasteiger partial charge in [-0.3, -0.25) is 4.57 Å². The smallest absolute Gasteiger partial charge is 0.243 e. The van der Waals surface area contributed by atoms with E-state index in [1.54, 1.807) is 0 Å². The van der Waals surface area contributed by atoms with E-state index in [0.717, 1.165) is 0 Å². The fourth-order valence-electron chi connectivity index (χ4n) is 0.575. The molecule has 0 saturated carbocycles. The van der Waals surface area contributed by atoms with Crippen LogP contribution in [0.1, 0.15) is 0 Å². The van der Waals surface area contributed by atoms with E-state index in [9.17, 15) is 0 Å². The van der Waals surface area contributed by atoms with Gasteiger partial charge in [0.2, 0.25) is 6.33 Å². The summed E-state index contributed by atoms with van der Waals surface area (Å²) in [5.41, 5.74) is 0. The Kier molecular flexibility index (Phi) is 4.72. The van der Waals surface area contributed by atoms with Gasteiger partial charge in [0, 0.05) is 0 Å². The summed E-state index contributed by atoms with van der Waals surface area (Å²) < 4.78 is 12.3. The van der Waals surface area contributed by atoms with Crippen molar-refractivity contribution in [3.05, 3.63) is 18.7 Å². The Bertz CT molecular complexity index is 183. The fraction of sp³-hybridized carbons (Fsp3) is 0.400. The van der Waals surface area contributed by atoms with Gasteiger partial charge >= 0.3 is 0 Å². The van der Waals surface area contributed by atoms with Crippen LogP contribution in [-0.2, 0) is 18.7 Å². The second-order valence-electron chi connectivity index (χ2n) is 1.82. The monoisotopic (exact) mass is 160 g/mol. The lowest BCUT2D eigenvalue weighted by atomic mass is 10.9. The van der Waals surface area contributed by atoms with Gasteiger partial charge in [0.05, 0.1) is 22.8 Å². The van der Waals surface area contributed by atoms with Crippen molar-refractivity contribution in [3.63, 3.8) is 0 Å².